The second-order valence-corrected chi connectivity index (χ2v) is 6.94. The van der Waals surface area contributed by atoms with E-state index < -0.39 is 0 Å². The van der Waals surface area contributed by atoms with E-state index in [4.69, 9.17) is 0 Å². The summed E-state index contributed by atoms with van der Waals surface area (Å²) in [6.45, 7) is 0. The molecule has 0 saturated heterocycles. The Morgan fingerprint density at radius 2 is 1.23 bits per heavy atom. The van der Waals surface area contributed by atoms with Crippen LogP contribution < -0.4 is 0 Å². The summed E-state index contributed by atoms with van der Waals surface area (Å²) in [5.41, 5.74) is 7.75. The Balaban J connectivity index is 0.00000218. The molecule has 5 aromatic rings. The predicted molar refractivity (Wildman–Crippen MR) is 119 cm³/mol. The number of nitrogens with zero attached hydrogens (tertiary/aromatic N) is 2. The molecule has 2 nitrogen and oxygen atoms in total. The minimum absolute atomic E-state index is 0. The molecule has 0 unspecified atom stereocenters. The molecule has 0 amide bonds. The van der Waals surface area contributed by atoms with Crippen LogP contribution in [-0.4, -0.2) is 9.55 Å². The molecule has 3 heteroatoms. The summed E-state index contributed by atoms with van der Waals surface area (Å²) in [6.07, 6.45) is 3.93. The normalized spacial score (nSPS) is 10.4. The molecule has 147 valence electrons. The molecule has 1 radical (unpaired) electrons. The van der Waals surface area contributed by atoms with E-state index in [-0.39, 0.29) is 20.1 Å². The first-order valence-electron chi connectivity index (χ1n) is 9.64. The first kappa shape index (κ1) is 20.0. The van der Waals surface area contributed by atoms with E-state index in [2.05, 4.69) is 88.5 Å². The molecule has 1 heterocycles. The fourth-order valence-electron chi connectivity index (χ4n) is 3.51. The summed E-state index contributed by atoms with van der Waals surface area (Å²) in [6, 6.07) is 38.8. The van der Waals surface area contributed by atoms with Crippen LogP contribution in [0.15, 0.2) is 116 Å². The topological polar surface area (TPSA) is 17.8 Å². The molecule has 0 N–H and O–H groups in total. The number of benzene rings is 4. The van der Waals surface area contributed by atoms with Gasteiger partial charge < -0.3 is 4.57 Å². The number of imidazole rings is 1. The fourth-order valence-corrected chi connectivity index (χ4v) is 3.51. The van der Waals surface area contributed by atoms with Gasteiger partial charge in [0.1, 0.15) is 0 Å². The number of rotatable bonds is 4. The third-order valence-corrected chi connectivity index (χ3v) is 5.00. The van der Waals surface area contributed by atoms with Crippen molar-refractivity contribution in [2.24, 2.45) is 0 Å². The second-order valence-electron chi connectivity index (χ2n) is 6.94. The molecule has 0 fully saturated rings. The molecule has 0 aliphatic rings. The molecular formula is C27H19IrN2-. The van der Waals surface area contributed by atoms with Gasteiger partial charge in [0.05, 0.1) is 6.33 Å². The van der Waals surface area contributed by atoms with Crippen molar-refractivity contribution in [2.75, 3.05) is 0 Å². The first-order valence-corrected chi connectivity index (χ1v) is 9.64. The SMILES string of the molecule is [Ir].[c-]1ccccc1-c1cn(-c2cc(-c3ccccc3)cc(-c3ccccc3)c2)cn1. The summed E-state index contributed by atoms with van der Waals surface area (Å²) in [5, 5.41) is 0. The fraction of sp³-hybridized carbons (Fsp3) is 0. The third-order valence-electron chi connectivity index (χ3n) is 5.00. The minimum atomic E-state index is 0. The van der Waals surface area contributed by atoms with E-state index >= 15 is 0 Å². The van der Waals surface area contributed by atoms with Gasteiger partial charge in [0.25, 0.3) is 0 Å². The monoisotopic (exact) mass is 564 g/mol. The van der Waals surface area contributed by atoms with Crippen LogP contribution in [0.2, 0.25) is 0 Å². The third kappa shape index (κ3) is 4.18. The largest absolute Gasteiger partial charge is 0.316 e. The quantitative estimate of drug-likeness (QED) is 0.223. The summed E-state index contributed by atoms with van der Waals surface area (Å²) in [4.78, 5) is 4.60. The smallest absolute Gasteiger partial charge is 0.0883 e. The van der Waals surface area contributed by atoms with Crippen molar-refractivity contribution in [2.45, 2.75) is 0 Å². The van der Waals surface area contributed by atoms with Gasteiger partial charge in [-0.3, -0.25) is 4.98 Å². The average Bonchev–Trinajstić information content (AvgIpc) is 3.31. The van der Waals surface area contributed by atoms with Crippen LogP contribution in [-0.2, 0) is 20.1 Å². The van der Waals surface area contributed by atoms with Crippen molar-refractivity contribution < 1.29 is 20.1 Å². The van der Waals surface area contributed by atoms with Crippen LogP contribution in [0.3, 0.4) is 0 Å². The molecule has 1 aromatic heterocycles. The summed E-state index contributed by atoms with van der Waals surface area (Å²) in [5.74, 6) is 0. The van der Waals surface area contributed by atoms with Gasteiger partial charge in [-0.1, -0.05) is 60.7 Å². The van der Waals surface area contributed by atoms with Gasteiger partial charge in [0.15, 0.2) is 0 Å². The van der Waals surface area contributed by atoms with Crippen LogP contribution in [0.5, 0.6) is 0 Å². The Bertz CT molecular complexity index is 1170. The van der Waals surface area contributed by atoms with E-state index in [1.807, 2.05) is 42.7 Å². The minimum Gasteiger partial charge on any atom is -0.316 e. The van der Waals surface area contributed by atoms with Crippen molar-refractivity contribution in [3.8, 4) is 39.2 Å². The van der Waals surface area contributed by atoms with Crippen LogP contribution >= 0.6 is 0 Å². The summed E-state index contributed by atoms with van der Waals surface area (Å²) >= 11 is 0. The second kappa shape index (κ2) is 9.04. The zero-order valence-corrected chi connectivity index (χ0v) is 18.6. The van der Waals surface area contributed by atoms with Crippen LogP contribution in [0.25, 0.3) is 39.2 Å². The molecule has 0 atom stereocenters. The Kier molecular flexibility index (Phi) is 6.04. The molecule has 0 bridgehead atoms. The van der Waals surface area contributed by atoms with Gasteiger partial charge in [0.2, 0.25) is 0 Å². The van der Waals surface area contributed by atoms with E-state index in [0.717, 1.165) is 16.9 Å². The van der Waals surface area contributed by atoms with E-state index in [0.29, 0.717) is 0 Å². The number of hydrogen-bond acceptors (Lipinski definition) is 1. The van der Waals surface area contributed by atoms with Gasteiger partial charge in [-0.25, -0.2) is 0 Å². The van der Waals surface area contributed by atoms with Crippen LogP contribution in [0.4, 0.5) is 0 Å². The molecular weight excluding hydrogens is 545 g/mol. The van der Waals surface area contributed by atoms with E-state index in [1.165, 1.54) is 22.3 Å². The molecule has 0 aliphatic carbocycles. The number of hydrogen-bond donors (Lipinski definition) is 0. The molecule has 30 heavy (non-hydrogen) atoms. The van der Waals surface area contributed by atoms with Gasteiger partial charge in [-0.2, -0.15) is 0 Å². The standard InChI is InChI=1S/C27H19N2.Ir/c1-4-10-21(11-5-1)24-16-25(22-12-6-2-7-13-22)18-26(17-24)29-19-27(28-20-29)23-14-8-3-9-15-23;/h1-14,16-20H;/q-1;. The van der Waals surface area contributed by atoms with Gasteiger partial charge in [-0.15, -0.1) is 35.9 Å². The zero-order valence-electron chi connectivity index (χ0n) is 16.2. The van der Waals surface area contributed by atoms with E-state index in [1.54, 1.807) is 0 Å². The molecule has 0 saturated carbocycles. The summed E-state index contributed by atoms with van der Waals surface area (Å²) in [7, 11) is 0. The van der Waals surface area contributed by atoms with Crippen LogP contribution in [0.1, 0.15) is 0 Å². The Morgan fingerprint density at radius 3 is 1.80 bits per heavy atom. The van der Waals surface area contributed by atoms with Crippen molar-refractivity contribution in [1.29, 1.82) is 0 Å². The zero-order chi connectivity index (χ0) is 19.5. The first-order chi connectivity index (χ1) is 14.4. The van der Waals surface area contributed by atoms with Crippen molar-refractivity contribution in [1.82, 2.24) is 9.55 Å². The average molecular weight is 564 g/mol. The predicted octanol–water partition coefficient (Wildman–Crippen LogP) is 6.67. The maximum Gasteiger partial charge on any atom is 0.0883 e. The van der Waals surface area contributed by atoms with Crippen molar-refractivity contribution in [3.05, 3.63) is 122 Å². The molecule has 5 rings (SSSR count). The molecule has 0 aliphatic heterocycles. The summed E-state index contributed by atoms with van der Waals surface area (Å²) < 4.78 is 2.08. The van der Waals surface area contributed by atoms with Crippen molar-refractivity contribution >= 4 is 0 Å². The molecule has 0 spiro atoms. The van der Waals surface area contributed by atoms with Gasteiger partial charge >= 0.3 is 0 Å². The van der Waals surface area contributed by atoms with Gasteiger partial charge in [0, 0.05) is 31.5 Å². The van der Waals surface area contributed by atoms with E-state index in [9.17, 15) is 0 Å². The van der Waals surface area contributed by atoms with Crippen molar-refractivity contribution in [3.63, 3.8) is 0 Å². The van der Waals surface area contributed by atoms with Crippen LogP contribution in [0, 0.1) is 6.07 Å². The Hall–Kier alpha value is -3.26. The van der Waals surface area contributed by atoms with Gasteiger partial charge in [-0.05, 0) is 46.6 Å². The number of aromatic nitrogens is 2. The Labute approximate surface area is 190 Å². The Morgan fingerprint density at radius 1 is 0.633 bits per heavy atom. The molecule has 4 aromatic carbocycles. The maximum absolute atomic E-state index is 4.60. The maximum atomic E-state index is 4.60.